The van der Waals surface area contributed by atoms with E-state index in [1.165, 1.54) is 12.7 Å². The predicted octanol–water partition coefficient (Wildman–Crippen LogP) is 5.24. The van der Waals surface area contributed by atoms with Crippen molar-refractivity contribution in [2.45, 2.75) is 40.0 Å². The maximum Gasteiger partial charge on any atom is 0.434 e. The van der Waals surface area contributed by atoms with E-state index in [1.54, 1.807) is 11.0 Å². The maximum atomic E-state index is 13.0. The summed E-state index contributed by atoms with van der Waals surface area (Å²) in [5, 5.41) is 0. The summed E-state index contributed by atoms with van der Waals surface area (Å²) in [5.74, 6) is -0.338. The molecule has 0 fully saturated rings. The SMILES string of the molecule is COC(=O)/N=C1/C(=O)N(c2ccc(C(C)(C)C(C)(C)C)cc2)c2ccccc21. The van der Waals surface area contributed by atoms with Gasteiger partial charge in [-0.15, -0.1) is 0 Å². The van der Waals surface area contributed by atoms with Crippen molar-refractivity contribution in [2.24, 2.45) is 10.4 Å². The summed E-state index contributed by atoms with van der Waals surface area (Å²) in [4.78, 5) is 30.1. The van der Waals surface area contributed by atoms with Gasteiger partial charge in [0.25, 0.3) is 5.91 Å². The third kappa shape index (κ3) is 3.21. The Kier molecular flexibility index (Phi) is 4.88. The molecule has 28 heavy (non-hydrogen) atoms. The molecule has 5 heteroatoms. The van der Waals surface area contributed by atoms with Crippen LogP contribution in [0.25, 0.3) is 0 Å². The highest BCUT2D eigenvalue weighted by molar-refractivity contribution is 6.56. The number of benzene rings is 2. The van der Waals surface area contributed by atoms with Gasteiger partial charge in [-0.25, -0.2) is 4.79 Å². The van der Waals surface area contributed by atoms with Gasteiger partial charge in [-0.1, -0.05) is 65.0 Å². The molecule has 146 valence electrons. The molecular weight excluding hydrogens is 352 g/mol. The van der Waals surface area contributed by atoms with E-state index in [1.807, 2.05) is 30.3 Å². The molecule has 0 aromatic heterocycles. The Morgan fingerprint density at radius 2 is 1.57 bits per heavy atom. The van der Waals surface area contributed by atoms with Gasteiger partial charge in [-0.2, -0.15) is 4.99 Å². The van der Waals surface area contributed by atoms with Gasteiger partial charge in [0.15, 0.2) is 0 Å². The number of hydrogen-bond acceptors (Lipinski definition) is 3. The molecule has 1 aliphatic heterocycles. The van der Waals surface area contributed by atoms with E-state index in [4.69, 9.17) is 0 Å². The molecule has 0 unspecified atom stereocenters. The molecule has 0 atom stereocenters. The number of methoxy groups -OCH3 is 1. The Hall–Kier alpha value is -2.95. The molecule has 0 aliphatic carbocycles. The highest BCUT2D eigenvalue weighted by Gasteiger charge is 2.37. The van der Waals surface area contributed by atoms with E-state index in [-0.39, 0.29) is 22.4 Å². The van der Waals surface area contributed by atoms with Crippen LogP contribution in [0.1, 0.15) is 45.7 Å². The van der Waals surface area contributed by atoms with Gasteiger partial charge >= 0.3 is 6.09 Å². The minimum atomic E-state index is -0.790. The first-order chi connectivity index (χ1) is 13.1. The molecule has 2 aromatic carbocycles. The third-order valence-electron chi connectivity index (χ3n) is 5.91. The largest absolute Gasteiger partial charge is 0.451 e. The van der Waals surface area contributed by atoms with Crippen LogP contribution in [-0.2, 0) is 14.9 Å². The third-order valence-corrected chi connectivity index (χ3v) is 5.91. The van der Waals surface area contributed by atoms with E-state index < -0.39 is 6.09 Å². The number of anilines is 2. The number of carbonyl (C=O) groups is 2. The summed E-state index contributed by atoms with van der Waals surface area (Å²) in [6.07, 6.45) is -0.790. The Morgan fingerprint density at radius 1 is 0.964 bits per heavy atom. The molecule has 2 amide bonds. The van der Waals surface area contributed by atoms with Crippen molar-refractivity contribution < 1.29 is 14.3 Å². The quantitative estimate of drug-likeness (QED) is 0.718. The lowest BCUT2D eigenvalue weighted by molar-refractivity contribution is -0.111. The van der Waals surface area contributed by atoms with Crippen LogP contribution in [-0.4, -0.2) is 24.8 Å². The van der Waals surface area contributed by atoms with Crippen LogP contribution in [0.5, 0.6) is 0 Å². The number of para-hydroxylation sites is 1. The summed E-state index contributed by atoms with van der Waals surface area (Å²) in [7, 11) is 1.24. The fourth-order valence-electron chi connectivity index (χ4n) is 3.16. The molecule has 1 heterocycles. The minimum absolute atomic E-state index is 0.0318. The lowest BCUT2D eigenvalue weighted by atomic mass is 9.65. The van der Waals surface area contributed by atoms with Crippen LogP contribution in [0.4, 0.5) is 16.2 Å². The first kappa shape index (κ1) is 19.8. The molecule has 0 radical (unpaired) electrons. The Labute approximate surface area is 166 Å². The first-order valence-electron chi connectivity index (χ1n) is 9.29. The van der Waals surface area contributed by atoms with E-state index in [0.717, 1.165) is 5.69 Å². The zero-order valence-electron chi connectivity index (χ0n) is 17.2. The molecule has 1 aliphatic rings. The summed E-state index contributed by atoms with van der Waals surface area (Å²) in [5.41, 5.74) is 3.42. The second-order valence-electron chi connectivity index (χ2n) is 8.51. The molecule has 0 saturated carbocycles. The monoisotopic (exact) mass is 378 g/mol. The van der Waals surface area contributed by atoms with Crippen LogP contribution in [0.3, 0.4) is 0 Å². The van der Waals surface area contributed by atoms with Crippen molar-refractivity contribution in [1.29, 1.82) is 0 Å². The van der Waals surface area contributed by atoms with Gasteiger partial charge in [0, 0.05) is 11.3 Å². The predicted molar refractivity (Wildman–Crippen MR) is 111 cm³/mol. The van der Waals surface area contributed by atoms with Crippen molar-refractivity contribution in [3.8, 4) is 0 Å². The fourth-order valence-corrected chi connectivity index (χ4v) is 3.16. The van der Waals surface area contributed by atoms with Gasteiger partial charge in [0.1, 0.15) is 5.71 Å². The number of rotatable bonds is 2. The number of ether oxygens (including phenoxy) is 1. The lowest BCUT2D eigenvalue weighted by Crippen LogP contribution is -2.34. The van der Waals surface area contributed by atoms with Crippen LogP contribution in [0.2, 0.25) is 0 Å². The van der Waals surface area contributed by atoms with Crippen molar-refractivity contribution in [1.82, 2.24) is 0 Å². The van der Waals surface area contributed by atoms with E-state index in [0.29, 0.717) is 11.3 Å². The van der Waals surface area contributed by atoms with Gasteiger partial charge in [-0.3, -0.25) is 9.69 Å². The molecule has 0 spiro atoms. The van der Waals surface area contributed by atoms with Gasteiger partial charge < -0.3 is 4.74 Å². The van der Waals surface area contributed by atoms with Crippen LogP contribution in [0, 0.1) is 5.41 Å². The summed E-state index contributed by atoms with van der Waals surface area (Å²) >= 11 is 0. The molecule has 0 saturated heterocycles. The summed E-state index contributed by atoms with van der Waals surface area (Å²) in [6, 6.07) is 15.3. The van der Waals surface area contributed by atoms with E-state index in [2.05, 4.69) is 56.5 Å². The standard InChI is InChI=1S/C23H26N2O3/c1-22(2,3)23(4,5)15-11-13-16(14-12-15)25-18-10-8-7-9-17(18)19(20(25)26)24-21(27)28-6/h7-14H,1-6H3/b24-19+. The van der Waals surface area contributed by atoms with Crippen LogP contribution >= 0.6 is 0 Å². The minimum Gasteiger partial charge on any atom is -0.451 e. The molecule has 2 aromatic rings. The van der Waals surface area contributed by atoms with Crippen molar-refractivity contribution in [3.63, 3.8) is 0 Å². The fraction of sp³-hybridized carbons (Fsp3) is 0.348. The van der Waals surface area contributed by atoms with Crippen molar-refractivity contribution >= 4 is 29.1 Å². The van der Waals surface area contributed by atoms with Gasteiger partial charge in [0.2, 0.25) is 0 Å². The zero-order chi connectivity index (χ0) is 20.7. The second-order valence-corrected chi connectivity index (χ2v) is 8.51. The van der Waals surface area contributed by atoms with E-state index in [9.17, 15) is 9.59 Å². The highest BCUT2D eigenvalue weighted by Crippen LogP contribution is 2.42. The highest BCUT2D eigenvalue weighted by atomic mass is 16.5. The van der Waals surface area contributed by atoms with Gasteiger partial charge in [0.05, 0.1) is 12.8 Å². The Bertz CT molecular complexity index is 951. The van der Waals surface area contributed by atoms with E-state index >= 15 is 0 Å². The molecular formula is C23H26N2O3. The van der Waals surface area contributed by atoms with Crippen molar-refractivity contribution in [3.05, 3.63) is 59.7 Å². The molecule has 3 rings (SSSR count). The lowest BCUT2D eigenvalue weighted by Gasteiger charge is -2.39. The molecule has 0 bridgehead atoms. The normalized spacial score (nSPS) is 15.7. The topological polar surface area (TPSA) is 59.0 Å². The first-order valence-corrected chi connectivity index (χ1v) is 9.29. The van der Waals surface area contributed by atoms with Crippen molar-refractivity contribution in [2.75, 3.05) is 12.0 Å². The number of fused-ring (bicyclic) bond motifs is 1. The second kappa shape index (κ2) is 6.89. The zero-order valence-corrected chi connectivity index (χ0v) is 17.2. The maximum absolute atomic E-state index is 13.0. The smallest absolute Gasteiger partial charge is 0.434 e. The average Bonchev–Trinajstić information content (AvgIpc) is 2.92. The number of hydrogen-bond donors (Lipinski definition) is 0. The summed E-state index contributed by atoms with van der Waals surface area (Å²) < 4.78 is 4.60. The molecule has 5 nitrogen and oxygen atoms in total. The van der Waals surface area contributed by atoms with Gasteiger partial charge in [-0.05, 0) is 34.6 Å². The Morgan fingerprint density at radius 3 is 2.14 bits per heavy atom. The molecule has 0 N–H and O–H groups in total. The number of nitrogens with zero attached hydrogens (tertiary/aromatic N) is 2. The summed E-state index contributed by atoms with van der Waals surface area (Å²) in [6.45, 7) is 11.1. The number of carbonyl (C=O) groups excluding carboxylic acids is 2. The van der Waals surface area contributed by atoms with Crippen LogP contribution < -0.4 is 4.90 Å². The average molecular weight is 378 g/mol. The number of aliphatic imine (C=N–C) groups is 1. The Balaban J connectivity index is 2.04. The van der Waals surface area contributed by atoms with Crippen LogP contribution in [0.15, 0.2) is 53.5 Å². The number of amides is 2.